The van der Waals surface area contributed by atoms with E-state index in [-0.39, 0.29) is 26.4 Å². The number of carboxylic acids is 1. The van der Waals surface area contributed by atoms with Crippen molar-refractivity contribution in [1.29, 1.82) is 5.26 Å². The maximum absolute atomic E-state index is 11.4. The predicted octanol–water partition coefficient (Wildman–Crippen LogP) is 6.42. The number of carboxylic acid groups (broad SMARTS) is 1. The first-order chi connectivity index (χ1) is 28.1. The van der Waals surface area contributed by atoms with Gasteiger partial charge in [-0.05, 0) is 65.1 Å². The van der Waals surface area contributed by atoms with Gasteiger partial charge in [0.1, 0.15) is 42.6 Å². The number of aliphatic hydroxyl groups is 2. The smallest absolute Gasteiger partial charge is 0.323 e. The van der Waals surface area contributed by atoms with E-state index in [9.17, 15) is 25.4 Å². The van der Waals surface area contributed by atoms with Crippen LogP contribution in [-0.2, 0) is 37.6 Å². The molecule has 58 heavy (non-hydrogen) atoms. The quantitative estimate of drug-likeness (QED) is 0.0566. The summed E-state index contributed by atoms with van der Waals surface area (Å²) in [6.45, 7) is 3.17. The molecule has 0 fully saturated rings. The number of benzene rings is 4. The highest BCUT2D eigenvalue weighted by Crippen LogP contribution is 2.37. The van der Waals surface area contributed by atoms with E-state index in [1.165, 1.54) is 13.3 Å². The first-order valence-corrected chi connectivity index (χ1v) is 19.1. The number of aromatic nitrogens is 3. The number of nitrogens with zero attached hydrogens (tertiary/aromatic N) is 4. The van der Waals surface area contributed by atoms with Crippen molar-refractivity contribution in [1.82, 2.24) is 25.4 Å². The molecule has 300 valence electrons. The fraction of sp³-hybridized carbons (Fsp3) is 0.256. The van der Waals surface area contributed by atoms with E-state index in [0.29, 0.717) is 58.1 Å². The van der Waals surface area contributed by atoms with Gasteiger partial charge < -0.3 is 34.8 Å². The maximum atomic E-state index is 11.4. The second kappa shape index (κ2) is 19.6. The van der Waals surface area contributed by atoms with Crippen LogP contribution < -0.4 is 24.8 Å². The summed E-state index contributed by atoms with van der Waals surface area (Å²) < 4.78 is 20.0. The average Bonchev–Trinajstić information content (AvgIpc) is 3.64. The van der Waals surface area contributed by atoms with Gasteiger partial charge >= 0.3 is 5.97 Å². The van der Waals surface area contributed by atoms with Crippen molar-refractivity contribution >= 4 is 40.1 Å². The van der Waals surface area contributed by atoms with Crippen LogP contribution in [0.15, 0.2) is 85.3 Å². The lowest BCUT2D eigenvalue weighted by molar-refractivity contribution is -0.140. The highest BCUT2D eigenvalue weighted by molar-refractivity contribution is 6.32. The fourth-order valence-corrected chi connectivity index (χ4v) is 7.00. The number of methoxy groups -OCH3 is 1. The predicted molar refractivity (Wildman–Crippen MR) is 220 cm³/mol. The summed E-state index contributed by atoms with van der Waals surface area (Å²) in [5.41, 5.74) is 8.25. The van der Waals surface area contributed by atoms with Gasteiger partial charge in [-0.3, -0.25) is 19.8 Å². The lowest BCUT2D eigenvalue weighted by atomic mass is 9.94. The molecule has 5 N–H and O–H groups in total. The van der Waals surface area contributed by atoms with E-state index in [1.54, 1.807) is 30.5 Å². The van der Waals surface area contributed by atoms with Crippen molar-refractivity contribution in [3.63, 3.8) is 0 Å². The molecule has 6 rings (SSSR count). The number of hydrogen-bond donors (Lipinski definition) is 5. The Hall–Kier alpha value is -5.72. The van der Waals surface area contributed by atoms with Gasteiger partial charge in [0.05, 0.1) is 49.2 Å². The zero-order valence-corrected chi connectivity index (χ0v) is 33.3. The molecule has 2 aromatic heterocycles. The lowest BCUT2D eigenvalue weighted by Crippen LogP contribution is -2.39. The van der Waals surface area contributed by atoms with Crippen molar-refractivity contribution < 1.29 is 34.3 Å². The second-order valence-corrected chi connectivity index (χ2v) is 14.2. The second-order valence-electron chi connectivity index (χ2n) is 13.4. The first kappa shape index (κ1) is 41.9. The van der Waals surface area contributed by atoms with Gasteiger partial charge in [0.15, 0.2) is 0 Å². The van der Waals surface area contributed by atoms with Crippen LogP contribution >= 0.6 is 23.2 Å². The number of ether oxygens (including phenoxy) is 3. The number of rotatable bonds is 19. The highest BCUT2D eigenvalue weighted by Gasteiger charge is 2.19. The number of aliphatic carboxylic acids is 1. The van der Waals surface area contributed by atoms with Crippen molar-refractivity contribution in [3.05, 3.63) is 134 Å². The van der Waals surface area contributed by atoms with Crippen LogP contribution in [0.25, 0.3) is 22.0 Å². The molecule has 4 aromatic carbocycles. The molecule has 13 nitrogen and oxygen atoms in total. The third-order valence-corrected chi connectivity index (χ3v) is 10.3. The van der Waals surface area contributed by atoms with Crippen LogP contribution in [-0.4, -0.2) is 69.0 Å². The van der Waals surface area contributed by atoms with Crippen LogP contribution in [0.1, 0.15) is 38.9 Å². The van der Waals surface area contributed by atoms with Crippen LogP contribution in [0.4, 0.5) is 0 Å². The van der Waals surface area contributed by atoms with Crippen LogP contribution in [0.3, 0.4) is 0 Å². The Morgan fingerprint density at radius 1 is 0.879 bits per heavy atom. The summed E-state index contributed by atoms with van der Waals surface area (Å²) in [5.74, 6) is 0.350. The molecule has 0 bridgehead atoms. The Labute approximate surface area is 345 Å². The fourth-order valence-electron chi connectivity index (χ4n) is 6.51. The van der Waals surface area contributed by atoms with Gasteiger partial charge in [-0.2, -0.15) is 10.4 Å². The zero-order valence-electron chi connectivity index (χ0n) is 31.8. The van der Waals surface area contributed by atoms with Crippen LogP contribution in [0.2, 0.25) is 10.0 Å². The number of fused-ring (bicyclic) bond motifs is 1. The normalized spacial score (nSPS) is 11.7. The minimum absolute atomic E-state index is 0.0158. The molecule has 1 unspecified atom stereocenters. The van der Waals surface area contributed by atoms with Crippen molar-refractivity contribution in [3.8, 4) is 34.4 Å². The third-order valence-electron chi connectivity index (χ3n) is 9.63. The zero-order chi connectivity index (χ0) is 41.2. The Bertz CT molecular complexity index is 2450. The van der Waals surface area contributed by atoms with Crippen molar-refractivity contribution in [2.45, 2.75) is 45.8 Å². The standard InChI is InChI=1S/C43H42Cl2N6O7/c1-26-29(25-58-42-15-41(30(13-37(42)45)19-47-9-10-52)57-24-28-11-27(16-46)17-48-18-28)5-3-6-33(26)34-7-4-8-39-35(34)21-50-51(39)22-32-14-40(56-2)31(12-36(32)44)20-49-38(23-53)43(54)55/h3-8,11-15,17-18,21,38,47,49,52-53H,9-10,19-20,22-25H2,1-2H3,(H,54,55). The van der Waals surface area contributed by atoms with Crippen LogP contribution in [0, 0.1) is 18.3 Å². The van der Waals surface area contributed by atoms with E-state index < -0.39 is 18.6 Å². The molecule has 0 saturated heterocycles. The molecule has 0 aliphatic heterocycles. The molecule has 1 atom stereocenters. The Balaban J connectivity index is 1.22. The molecule has 0 amide bonds. The maximum Gasteiger partial charge on any atom is 0.323 e. The number of pyridine rings is 1. The largest absolute Gasteiger partial charge is 0.496 e. The number of carbonyl (C=O) groups is 1. The molecule has 0 aliphatic rings. The molecule has 0 radical (unpaired) electrons. The van der Waals surface area contributed by atoms with Crippen molar-refractivity contribution in [2.24, 2.45) is 0 Å². The molecule has 15 heteroatoms. The summed E-state index contributed by atoms with van der Waals surface area (Å²) in [7, 11) is 1.53. The minimum atomic E-state index is -1.16. The number of nitriles is 1. The third kappa shape index (κ3) is 9.86. The van der Waals surface area contributed by atoms with Crippen molar-refractivity contribution in [2.75, 3.05) is 26.9 Å². The summed E-state index contributed by atoms with van der Waals surface area (Å²) in [4.78, 5) is 15.5. The molecular weight excluding hydrogens is 783 g/mol. The SMILES string of the molecule is COc1cc(Cn2ncc3c(-c4cccc(COc5cc(OCc6cncc(C#N)c6)c(CNCCO)cc5Cl)c4C)cccc32)c(Cl)cc1CNC(CO)C(=O)O. The van der Waals surface area contributed by atoms with E-state index >= 15 is 0 Å². The topological polar surface area (TPSA) is 184 Å². The van der Waals surface area contributed by atoms with E-state index in [2.05, 4.69) is 40.7 Å². The van der Waals surface area contributed by atoms with Gasteiger partial charge in [0, 0.05) is 65.2 Å². The van der Waals surface area contributed by atoms with E-state index in [1.807, 2.05) is 41.2 Å². The number of halogens is 2. The highest BCUT2D eigenvalue weighted by atomic mass is 35.5. The average molecular weight is 826 g/mol. The Morgan fingerprint density at radius 2 is 1.64 bits per heavy atom. The minimum Gasteiger partial charge on any atom is -0.496 e. The summed E-state index contributed by atoms with van der Waals surface area (Å²) in [6.07, 6.45) is 4.97. The number of aliphatic hydroxyl groups excluding tert-OH is 2. The Morgan fingerprint density at radius 3 is 2.40 bits per heavy atom. The lowest BCUT2D eigenvalue weighted by Gasteiger charge is -2.17. The molecule has 0 aliphatic carbocycles. The monoisotopic (exact) mass is 824 g/mol. The molecule has 6 aromatic rings. The summed E-state index contributed by atoms with van der Waals surface area (Å²) in [6, 6.07) is 21.9. The van der Waals surface area contributed by atoms with Crippen LogP contribution in [0.5, 0.6) is 17.2 Å². The summed E-state index contributed by atoms with van der Waals surface area (Å²) >= 11 is 13.5. The van der Waals surface area contributed by atoms with Gasteiger partial charge in [-0.15, -0.1) is 0 Å². The molecule has 0 saturated carbocycles. The first-order valence-electron chi connectivity index (χ1n) is 18.3. The van der Waals surface area contributed by atoms with Gasteiger partial charge in [-0.25, -0.2) is 0 Å². The molecular formula is C43H42Cl2N6O7. The van der Waals surface area contributed by atoms with E-state index in [0.717, 1.165) is 49.8 Å². The van der Waals surface area contributed by atoms with Gasteiger partial charge in [-0.1, -0.05) is 53.5 Å². The Kier molecular flexibility index (Phi) is 14.2. The number of nitrogens with one attached hydrogen (secondary N) is 2. The molecule has 0 spiro atoms. The van der Waals surface area contributed by atoms with Gasteiger partial charge in [0.2, 0.25) is 0 Å². The van der Waals surface area contributed by atoms with E-state index in [4.69, 9.17) is 42.5 Å². The molecule has 2 heterocycles. The van der Waals surface area contributed by atoms with Gasteiger partial charge in [0.25, 0.3) is 0 Å². The summed E-state index contributed by atoms with van der Waals surface area (Å²) in [5, 5.41) is 49.8. The number of hydrogen-bond acceptors (Lipinski definition) is 11.